The van der Waals surface area contributed by atoms with E-state index < -0.39 is 23.5 Å². The molecule has 2 aliphatic rings. The Morgan fingerprint density at radius 1 is 1.03 bits per heavy atom. The average molecular weight is 431 g/mol. The van der Waals surface area contributed by atoms with Crippen molar-refractivity contribution in [1.29, 1.82) is 0 Å². The Labute approximate surface area is 182 Å². The first kappa shape index (κ1) is 19.8. The molecule has 0 bridgehead atoms. The van der Waals surface area contributed by atoms with Crippen LogP contribution >= 0.6 is 0 Å². The van der Waals surface area contributed by atoms with E-state index in [1.807, 2.05) is 0 Å². The molecular weight excluding hydrogens is 413 g/mol. The van der Waals surface area contributed by atoms with Crippen LogP contribution in [0.5, 0.6) is 11.5 Å². The summed E-state index contributed by atoms with van der Waals surface area (Å²) in [4.78, 5) is 27.3. The van der Waals surface area contributed by atoms with E-state index in [0.29, 0.717) is 29.9 Å². The van der Waals surface area contributed by atoms with Crippen LogP contribution in [0.3, 0.4) is 0 Å². The normalized spacial score (nSPS) is 19.2. The first-order valence-corrected chi connectivity index (χ1v) is 10.1. The topological polar surface area (TPSA) is 87.1 Å². The molecule has 1 saturated heterocycles. The van der Waals surface area contributed by atoms with E-state index in [4.69, 9.17) is 4.74 Å². The molecule has 6 nitrogen and oxygen atoms in total. The van der Waals surface area contributed by atoms with Crippen LogP contribution in [0.25, 0.3) is 5.76 Å². The standard InChI is InChI=1S/C25H18FNO5/c26-17-4-2-5-18(13-17)27-22(15-3-1-6-19(28)12-15)21(24(30)25(27)31)23(29)16-7-8-20-14(11-16)9-10-32-20/h1-8,11-13,22,28-29H,9-10H2/b23-21-. The monoisotopic (exact) mass is 431 g/mol. The van der Waals surface area contributed by atoms with Gasteiger partial charge in [0.2, 0.25) is 0 Å². The number of amides is 1. The van der Waals surface area contributed by atoms with Crippen molar-refractivity contribution in [1.82, 2.24) is 0 Å². The van der Waals surface area contributed by atoms with E-state index in [0.717, 1.165) is 16.5 Å². The number of hydrogen-bond acceptors (Lipinski definition) is 5. The Bertz CT molecular complexity index is 1300. The van der Waals surface area contributed by atoms with Crippen LogP contribution in [-0.2, 0) is 16.0 Å². The first-order chi connectivity index (χ1) is 15.4. The molecule has 3 aromatic rings. The minimum atomic E-state index is -1.05. The zero-order valence-corrected chi connectivity index (χ0v) is 16.8. The van der Waals surface area contributed by atoms with E-state index >= 15 is 0 Å². The molecule has 2 N–H and O–H groups in total. The zero-order chi connectivity index (χ0) is 22.4. The fraction of sp³-hybridized carbons (Fsp3) is 0.120. The molecule has 5 rings (SSSR count). The summed E-state index contributed by atoms with van der Waals surface area (Å²) < 4.78 is 19.4. The molecule has 32 heavy (non-hydrogen) atoms. The summed E-state index contributed by atoms with van der Waals surface area (Å²) in [5.74, 6) is -2.05. The predicted octanol–water partition coefficient (Wildman–Crippen LogP) is 4.09. The largest absolute Gasteiger partial charge is 0.508 e. The molecule has 0 radical (unpaired) electrons. The highest BCUT2D eigenvalue weighted by Crippen LogP contribution is 2.43. The molecule has 0 saturated carbocycles. The number of hydrogen-bond donors (Lipinski definition) is 2. The molecule has 160 valence electrons. The van der Waals surface area contributed by atoms with Gasteiger partial charge in [-0.1, -0.05) is 18.2 Å². The molecule has 0 aliphatic carbocycles. The lowest BCUT2D eigenvalue weighted by molar-refractivity contribution is -0.132. The van der Waals surface area contributed by atoms with Crippen molar-refractivity contribution in [2.24, 2.45) is 0 Å². The average Bonchev–Trinajstić information content (AvgIpc) is 3.35. The van der Waals surface area contributed by atoms with E-state index in [2.05, 4.69) is 0 Å². The number of aliphatic hydroxyl groups is 1. The summed E-state index contributed by atoms with van der Waals surface area (Å²) in [5, 5.41) is 21.2. The Hall–Kier alpha value is -4.13. The smallest absolute Gasteiger partial charge is 0.300 e. The fourth-order valence-corrected chi connectivity index (χ4v) is 4.22. The molecule has 1 amide bonds. The summed E-state index contributed by atoms with van der Waals surface area (Å²) in [6.07, 6.45) is 0.671. The third-order valence-electron chi connectivity index (χ3n) is 5.68. The van der Waals surface area contributed by atoms with Gasteiger partial charge in [-0.05, 0) is 59.7 Å². The molecule has 1 fully saturated rings. The summed E-state index contributed by atoms with van der Waals surface area (Å²) in [6.45, 7) is 0.535. The number of carbonyl (C=O) groups excluding carboxylic acids is 2. The number of rotatable bonds is 3. The van der Waals surface area contributed by atoms with Gasteiger partial charge in [0.05, 0.1) is 18.2 Å². The van der Waals surface area contributed by atoms with Gasteiger partial charge in [-0.2, -0.15) is 0 Å². The van der Waals surface area contributed by atoms with Crippen molar-refractivity contribution in [3.8, 4) is 11.5 Å². The van der Waals surface area contributed by atoms with Crippen molar-refractivity contribution in [3.63, 3.8) is 0 Å². The summed E-state index contributed by atoms with van der Waals surface area (Å²) in [5.41, 5.74) is 1.70. The number of benzene rings is 3. The number of ketones is 1. The van der Waals surface area contributed by atoms with Crippen LogP contribution in [0.15, 0.2) is 72.3 Å². The lowest BCUT2D eigenvalue weighted by Gasteiger charge is -2.25. The molecule has 1 unspecified atom stereocenters. The third kappa shape index (κ3) is 3.19. The maximum Gasteiger partial charge on any atom is 0.300 e. The number of Topliss-reactive ketones (excluding diaryl/α,β-unsaturated/α-hetero) is 1. The highest BCUT2D eigenvalue weighted by atomic mass is 19.1. The molecule has 0 spiro atoms. The Balaban J connectivity index is 1.72. The number of fused-ring (bicyclic) bond motifs is 1. The van der Waals surface area contributed by atoms with Gasteiger partial charge < -0.3 is 14.9 Å². The van der Waals surface area contributed by atoms with Gasteiger partial charge in [-0.25, -0.2) is 4.39 Å². The fourth-order valence-electron chi connectivity index (χ4n) is 4.22. The molecule has 1 atom stereocenters. The van der Waals surface area contributed by atoms with Gasteiger partial charge in [0, 0.05) is 17.7 Å². The van der Waals surface area contributed by atoms with Crippen molar-refractivity contribution < 1.29 is 28.9 Å². The Morgan fingerprint density at radius 2 is 1.84 bits per heavy atom. The maximum absolute atomic E-state index is 14.0. The van der Waals surface area contributed by atoms with Gasteiger partial charge in [0.15, 0.2) is 0 Å². The number of ether oxygens (including phenoxy) is 1. The lowest BCUT2D eigenvalue weighted by Crippen LogP contribution is -2.29. The molecule has 0 aromatic heterocycles. The highest BCUT2D eigenvalue weighted by molar-refractivity contribution is 6.51. The Kier molecular flexibility index (Phi) is 4.66. The van der Waals surface area contributed by atoms with Crippen LogP contribution in [0.1, 0.15) is 22.7 Å². The van der Waals surface area contributed by atoms with Crippen LogP contribution in [-0.4, -0.2) is 28.5 Å². The van der Waals surface area contributed by atoms with Crippen molar-refractivity contribution >= 4 is 23.1 Å². The minimum Gasteiger partial charge on any atom is -0.508 e. The van der Waals surface area contributed by atoms with Crippen molar-refractivity contribution in [2.75, 3.05) is 11.5 Å². The van der Waals surface area contributed by atoms with Crippen LogP contribution in [0.4, 0.5) is 10.1 Å². The number of anilines is 1. The second-order valence-electron chi connectivity index (χ2n) is 7.66. The van der Waals surface area contributed by atoms with Gasteiger partial charge in [0.25, 0.3) is 11.7 Å². The number of aliphatic hydroxyl groups excluding tert-OH is 1. The molecule has 2 aliphatic heterocycles. The molecule has 7 heteroatoms. The quantitative estimate of drug-likeness (QED) is 0.371. The van der Waals surface area contributed by atoms with Gasteiger partial charge in [-0.3, -0.25) is 14.5 Å². The second kappa shape index (κ2) is 7.53. The number of phenolic OH excluding ortho intramolecular Hbond substituents is 1. The second-order valence-corrected chi connectivity index (χ2v) is 7.66. The molecule has 3 aromatic carbocycles. The van der Waals surface area contributed by atoms with E-state index in [-0.39, 0.29) is 22.8 Å². The highest BCUT2D eigenvalue weighted by Gasteiger charge is 2.47. The van der Waals surface area contributed by atoms with Crippen LogP contribution in [0.2, 0.25) is 0 Å². The minimum absolute atomic E-state index is 0.0676. The van der Waals surface area contributed by atoms with E-state index in [9.17, 15) is 24.2 Å². The first-order valence-electron chi connectivity index (χ1n) is 10.1. The zero-order valence-electron chi connectivity index (χ0n) is 16.8. The van der Waals surface area contributed by atoms with Gasteiger partial charge in [0.1, 0.15) is 23.1 Å². The molecular formula is C25H18FNO5. The molecule has 2 heterocycles. The van der Waals surface area contributed by atoms with Gasteiger partial charge >= 0.3 is 0 Å². The maximum atomic E-state index is 14.0. The Morgan fingerprint density at radius 3 is 2.62 bits per heavy atom. The number of halogens is 1. The SMILES string of the molecule is O=C1C(=O)N(c2cccc(F)c2)C(c2cccc(O)c2)/C1=C(/O)c1ccc2c(c1)CCO2. The van der Waals surface area contributed by atoms with Crippen LogP contribution in [0, 0.1) is 5.82 Å². The summed E-state index contributed by atoms with van der Waals surface area (Å²) in [7, 11) is 0. The third-order valence-corrected chi connectivity index (χ3v) is 5.68. The number of phenols is 1. The summed E-state index contributed by atoms with van der Waals surface area (Å²) in [6, 6.07) is 15.4. The number of aromatic hydroxyl groups is 1. The predicted molar refractivity (Wildman–Crippen MR) is 115 cm³/mol. The number of nitrogens with zero attached hydrogens (tertiary/aromatic N) is 1. The lowest BCUT2D eigenvalue weighted by atomic mass is 9.94. The van der Waals surface area contributed by atoms with Crippen LogP contribution < -0.4 is 9.64 Å². The van der Waals surface area contributed by atoms with Gasteiger partial charge in [-0.15, -0.1) is 0 Å². The van der Waals surface area contributed by atoms with E-state index in [1.54, 1.807) is 30.3 Å². The van der Waals surface area contributed by atoms with Crippen molar-refractivity contribution in [2.45, 2.75) is 12.5 Å². The van der Waals surface area contributed by atoms with Crippen molar-refractivity contribution in [3.05, 3.63) is 94.8 Å². The number of carbonyl (C=O) groups is 2. The van der Waals surface area contributed by atoms with E-state index in [1.165, 1.54) is 30.3 Å². The summed E-state index contributed by atoms with van der Waals surface area (Å²) >= 11 is 0.